The number of benzene rings is 1. The molecular formula is C12H12O3. The van der Waals surface area contributed by atoms with E-state index in [1.54, 1.807) is 0 Å². The maximum Gasteiger partial charge on any atom is 0.342 e. The van der Waals surface area contributed by atoms with Crippen molar-refractivity contribution in [3.63, 3.8) is 0 Å². The van der Waals surface area contributed by atoms with E-state index in [1.165, 1.54) is 0 Å². The molecule has 3 rings (SSSR count). The summed E-state index contributed by atoms with van der Waals surface area (Å²) in [5.41, 5.74) is -0.139. The van der Waals surface area contributed by atoms with Crippen molar-refractivity contribution in [3.05, 3.63) is 35.9 Å². The first-order valence-corrected chi connectivity index (χ1v) is 5.12. The van der Waals surface area contributed by atoms with Gasteiger partial charge in [0.2, 0.25) is 5.60 Å². The zero-order chi connectivity index (χ0) is 10.5. The normalized spacial score (nSPS) is 38.1. The summed E-state index contributed by atoms with van der Waals surface area (Å²) >= 11 is 0. The summed E-state index contributed by atoms with van der Waals surface area (Å²) in [5, 5.41) is 0. The maximum absolute atomic E-state index is 11.6. The molecule has 2 saturated heterocycles. The molecule has 0 bridgehead atoms. The van der Waals surface area contributed by atoms with Crippen molar-refractivity contribution < 1.29 is 14.3 Å². The van der Waals surface area contributed by atoms with E-state index in [0.717, 1.165) is 5.56 Å². The molecule has 2 heterocycles. The summed E-state index contributed by atoms with van der Waals surface area (Å²) in [4.78, 5) is 11.6. The second kappa shape index (κ2) is 2.61. The van der Waals surface area contributed by atoms with E-state index >= 15 is 0 Å². The summed E-state index contributed by atoms with van der Waals surface area (Å²) in [6.07, 6.45) is 0.664. The van der Waals surface area contributed by atoms with Gasteiger partial charge in [0.15, 0.2) is 0 Å². The van der Waals surface area contributed by atoms with Crippen LogP contribution in [-0.4, -0.2) is 18.2 Å². The maximum atomic E-state index is 11.6. The van der Waals surface area contributed by atoms with Gasteiger partial charge in [-0.25, -0.2) is 4.79 Å². The highest BCUT2D eigenvalue weighted by Gasteiger charge is 2.75. The van der Waals surface area contributed by atoms with Crippen LogP contribution in [0.1, 0.15) is 18.9 Å². The molecule has 1 aromatic rings. The van der Waals surface area contributed by atoms with E-state index in [9.17, 15) is 4.79 Å². The molecule has 2 aliphatic heterocycles. The molecule has 0 unspecified atom stereocenters. The third kappa shape index (κ3) is 0.960. The van der Waals surface area contributed by atoms with E-state index in [0.29, 0.717) is 13.0 Å². The lowest BCUT2D eigenvalue weighted by Gasteiger charge is -2.08. The Hall–Kier alpha value is -1.35. The van der Waals surface area contributed by atoms with Crippen LogP contribution in [0.25, 0.3) is 0 Å². The van der Waals surface area contributed by atoms with E-state index in [-0.39, 0.29) is 5.97 Å². The average Bonchev–Trinajstić information content (AvgIpc) is 2.71. The van der Waals surface area contributed by atoms with E-state index in [4.69, 9.17) is 9.47 Å². The lowest BCUT2D eigenvalue weighted by Crippen LogP contribution is -2.26. The first kappa shape index (κ1) is 8.92. The zero-order valence-corrected chi connectivity index (χ0v) is 8.53. The minimum absolute atomic E-state index is 0.214. The molecule has 78 valence electrons. The predicted octanol–water partition coefficient (Wildman–Crippen LogP) is 1.62. The van der Waals surface area contributed by atoms with Crippen molar-refractivity contribution in [2.75, 3.05) is 6.61 Å². The Morgan fingerprint density at radius 3 is 2.60 bits per heavy atom. The Labute approximate surface area is 88.0 Å². The van der Waals surface area contributed by atoms with Gasteiger partial charge in [-0.15, -0.1) is 0 Å². The van der Waals surface area contributed by atoms with Crippen LogP contribution < -0.4 is 0 Å². The Bertz CT molecular complexity index is 414. The number of carbonyl (C=O) groups excluding carboxylic acids is 1. The van der Waals surface area contributed by atoms with Crippen molar-refractivity contribution in [1.82, 2.24) is 0 Å². The summed E-state index contributed by atoms with van der Waals surface area (Å²) < 4.78 is 10.7. The quantitative estimate of drug-likeness (QED) is 0.515. The van der Waals surface area contributed by atoms with E-state index < -0.39 is 11.2 Å². The highest BCUT2D eigenvalue weighted by atomic mass is 16.7. The first-order valence-electron chi connectivity index (χ1n) is 5.12. The molecule has 3 heteroatoms. The second-order valence-corrected chi connectivity index (χ2v) is 4.21. The highest BCUT2D eigenvalue weighted by Crippen LogP contribution is 2.59. The van der Waals surface area contributed by atoms with Crippen LogP contribution >= 0.6 is 0 Å². The second-order valence-electron chi connectivity index (χ2n) is 4.21. The van der Waals surface area contributed by atoms with Crippen molar-refractivity contribution in [2.45, 2.75) is 24.5 Å². The summed E-state index contributed by atoms with van der Waals surface area (Å²) in [6.45, 7) is 2.43. The fourth-order valence-electron chi connectivity index (χ4n) is 2.40. The molecule has 0 N–H and O–H groups in total. The SMILES string of the molecule is C[C@@]1(c2ccccc2)O[C@@]12CCOC2=O. The smallest absolute Gasteiger partial charge is 0.342 e. The van der Waals surface area contributed by atoms with Gasteiger partial charge in [-0.05, 0) is 12.5 Å². The predicted molar refractivity (Wildman–Crippen MR) is 53.2 cm³/mol. The molecule has 1 aromatic carbocycles. The van der Waals surface area contributed by atoms with Gasteiger partial charge in [0.1, 0.15) is 5.60 Å². The number of hydrogen-bond donors (Lipinski definition) is 0. The number of ether oxygens (including phenoxy) is 2. The fraction of sp³-hybridized carbons (Fsp3) is 0.417. The summed E-state index contributed by atoms with van der Waals surface area (Å²) in [6, 6.07) is 9.84. The molecule has 2 aliphatic rings. The van der Waals surface area contributed by atoms with Crippen LogP contribution in [0.3, 0.4) is 0 Å². The van der Waals surface area contributed by atoms with E-state index in [1.807, 2.05) is 37.3 Å². The van der Waals surface area contributed by atoms with Gasteiger partial charge in [0, 0.05) is 6.42 Å². The van der Waals surface area contributed by atoms with Crippen LogP contribution in [0.4, 0.5) is 0 Å². The van der Waals surface area contributed by atoms with Crippen LogP contribution in [-0.2, 0) is 19.9 Å². The number of rotatable bonds is 1. The van der Waals surface area contributed by atoms with Crippen LogP contribution in [0.5, 0.6) is 0 Å². The topological polar surface area (TPSA) is 38.8 Å². The van der Waals surface area contributed by atoms with Crippen LogP contribution in [0, 0.1) is 0 Å². The zero-order valence-electron chi connectivity index (χ0n) is 8.53. The monoisotopic (exact) mass is 204 g/mol. The summed E-state index contributed by atoms with van der Waals surface area (Å²) in [7, 11) is 0. The number of carbonyl (C=O) groups is 1. The summed E-state index contributed by atoms with van der Waals surface area (Å²) in [5.74, 6) is -0.214. The van der Waals surface area contributed by atoms with Crippen LogP contribution in [0.15, 0.2) is 30.3 Å². The van der Waals surface area contributed by atoms with Gasteiger partial charge < -0.3 is 9.47 Å². The Balaban J connectivity index is 2.00. The highest BCUT2D eigenvalue weighted by molar-refractivity contribution is 5.87. The van der Waals surface area contributed by atoms with Crippen molar-refractivity contribution >= 4 is 5.97 Å². The standard InChI is InChI=1S/C12H12O3/c1-11(9-5-3-2-4-6-9)12(15-11)7-8-14-10(12)13/h2-6H,7-8H2,1H3/t11-,12+/m0/s1. The lowest BCUT2D eigenvalue weighted by atomic mass is 9.87. The van der Waals surface area contributed by atoms with Gasteiger partial charge in [0.25, 0.3) is 0 Å². The number of epoxide rings is 1. The Kier molecular flexibility index (Phi) is 1.55. The van der Waals surface area contributed by atoms with Gasteiger partial charge in [-0.2, -0.15) is 0 Å². The fourth-order valence-corrected chi connectivity index (χ4v) is 2.40. The molecule has 1 spiro atoms. The van der Waals surface area contributed by atoms with Crippen LogP contribution in [0.2, 0.25) is 0 Å². The molecule has 2 atom stereocenters. The number of esters is 1. The average molecular weight is 204 g/mol. The first-order chi connectivity index (χ1) is 7.19. The molecule has 15 heavy (non-hydrogen) atoms. The molecule has 0 amide bonds. The molecule has 0 aromatic heterocycles. The minimum atomic E-state index is -0.700. The Morgan fingerprint density at radius 2 is 2.00 bits per heavy atom. The largest absolute Gasteiger partial charge is 0.463 e. The van der Waals surface area contributed by atoms with Crippen molar-refractivity contribution in [3.8, 4) is 0 Å². The van der Waals surface area contributed by atoms with Gasteiger partial charge in [0.05, 0.1) is 6.61 Å². The van der Waals surface area contributed by atoms with E-state index in [2.05, 4.69) is 0 Å². The van der Waals surface area contributed by atoms with Gasteiger partial charge >= 0.3 is 5.97 Å². The molecular weight excluding hydrogens is 192 g/mol. The third-order valence-electron chi connectivity index (χ3n) is 3.45. The van der Waals surface area contributed by atoms with Gasteiger partial charge in [-0.1, -0.05) is 30.3 Å². The van der Waals surface area contributed by atoms with Crippen molar-refractivity contribution in [2.24, 2.45) is 0 Å². The minimum Gasteiger partial charge on any atom is -0.463 e. The number of cyclic esters (lactones) is 1. The molecule has 0 saturated carbocycles. The molecule has 0 aliphatic carbocycles. The third-order valence-corrected chi connectivity index (χ3v) is 3.45. The molecule has 3 nitrogen and oxygen atoms in total. The molecule has 2 fully saturated rings. The molecule has 0 radical (unpaired) electrons. The van der Waals surface area contributed by atoms with Gasteiger partial charge in [-0.3, -0.25) is 0 Å². The number of hydrogen-bond acceptors (Lipinski definition) is 3. The Morgan fingerprint density at radius 1 is 1.27 bits per heavy atom. The van der Waals surface area contributed by atoms with Crippen molar-refractivity contribution in [1.29, 1.82) is 0 Å². The lowest BCUT2D eigenvalue weighted by molar-refractivity contribution is -0.142.